The maximum atomic E-state index is 12.3. The predicted octanol–water partition coefficient (Wildman–Crippen LogP) is 4.61. The first kappa shape index (κ1) is 25.7. The number of nitrogens with two attached hydrogens (primary N) is 2. The van der Waals surface area contributed by atoms with E-state index < -0.39 is 25.1 Å². The van der Waals surface area contributed by atoms with Crippen molar-refractivity contribution in [1.29, 1.82) is 0 Å². The third-order valence-corrected chi connectivity index (χ3v) is 6.36. The Labute approximate surface area is 199 Å². The molecule has 182 valence electrons. The second-order valence-electron chi connectivity index (χ2n) is 6.76. The quantitative estimate of drug-likeness (QED) is 0.165. The molecule has 0 atom stereocenters. The molecule has 0 saturated heterocycles. The molecular formula is C19H18N8O6S2. The minimum atomic E-state index is -4.40. The van der Waals surface area contributed by atoms with Crippen molar-refractivity contribution in [3.8, 4) is 0 Å². The minimum absolute atomic E-state index is 0.0722. The fraction of sp³-hybridized carbons (Fsp3) is 0.0526. The van der Waals surface area contributed by atoms with Crippen LogP contribution < -0.4 is 11.7 Å². The van der Waals surface area contributed by atoms with Gasteiger partial charge in [0.25, 0.3) is 10.1 Å². The standard InChI is InChI=1S/C19H18N8O6S2/c1-12-10-14(24-27-20)4-8-17(12)25-26-18-9-5-15(11-19(18)35(31,32)33-21)23-22-13-2-6-16(7-3-13)34(28,29)30/h2-11H,21H2,1H3,(H2,20,24)(H,28,29,30). The molecule has 0 radical (unpaired) electrons. The highest BCUT2D eigenvalue weighted by atomic mass is 32.2. The molecule has 14 nitrogen and oxygen atoms in total. The number of benzene rings is 3. The van der Waals surface area contributed by atoms with Crippen molar-refractivity contribution in [1.82, 2.24) is 0 Å². The fourth-order valence-electron chi connectivity index (χ4n) is 2.69. The summed E-state index contributed by atoms with van der Waals surface area (Å²) in [6.45, 7) is 1.75. The summed E-state index contributed by atoms with van der Waals surface area (Å²) in [5, 5.41) is 22.8. The Kier molecular flexibility index (Phi) is 7.72. The van der Waals surface area contributed by atoms with Crippen LogP contribution in [0.15, 0.2) is 101 Å². The van der Waals surface area contributed by atoms with Crippen molar-refractivity contribution in [3.05, 3.63) is 66.2 Å². The zero-order valence-corrected chi connectivity index (χ0v) is 19.5. The largest absolute Gasteiger partial charge is 0.314 e. The number of nitrogens with zero attached hydrogens (tertiary/aromatic N) is 6. The van der Waals surface area contributed by atoms with Crippen molar-refractivity contribution >= 4 is 48.7 Å². The molecule has 0 aliphatic heterocycles. The van der Waals surface area contributed by atoms with Crippen molar-refractivity contribution < 1.29 is 25.7 Å². The molecular weight excluding hydrogens is 500 g/mol. The molecule has 35 heavy (non-hydrogen) atoms. The van der Waals surface area contributed by atoms with Gasteiger partial charge in [-0.2, -0.15) is 42.4 Å². The molecule has 0 aliphatic rings. The molecule has 0 aliphatic carbocycles. The lowest BCUT2D eigenvalue weighted by molar-refractivity contribution is 0.333. The van der Waals surface area contributed by atoms with Crippen LogP contribution in [0.3, 0.4) is 0 Å². The molecule has 5 N–H and O–H groups in total. The van der Waals surface area contributed by atoms with E-state index >= 15 is 0 Å². The summed E-state index contributed by atoms with van der Waals surface area (Å²) in [5.41, 5.74) is 1.90. The maximum Gasteiger partial charge on any atom is 0.314 e. The van der Waals surface area contributed by atoms with Gasteiger partial charge in [-0.05, 0) is 73.2 Å². The lowest BCUT2D eigenvalue weighted by Gasteiger charge is -2.06. The van der Waals surface area contributed by atoms with Crippen LogP contribution in [0.5, 0.6) is 0 Å². The summed E-state index contributed by atoms with van der Waals surface area (Å²) < 4.78 is 60.1. The van der Waals surface area contributed by atoms with Gasteiger partial charge in [0.2, 0.25) is 0 Å². The minimum Gasteiger partial charge on any atom is -0.305 e. The summed E-state index contributed by atoms with van der Waals surface area (Å²) in [7, 11) is -8.75. The van der Waals surface area contributed by atoms with E-state index in [1.54, 1.807) is 25.1 Å². The normalized spacial score (nSPS) is 12.8. The molecule has 3 aromatic carbocycles. The maximum absolute atomic E-state index is 12.3. The van der Waals surface area contributed by atoms with Crippen LogP contribution in [0.25, 0.3) is 0 Å². The Morgan fingerprint density at radius 3 is 1.86 bits per heavy atom. The molecule has 0 saturated carbocycles. The van der Waals surface area contributed by atoms with E-state index in [9.17, 15) is 16.8 Å². The molecule has 16 heteroatoms. The van der Waals surface area contributed by atoms with Crippen LogP contribution in [-0.4, -0.2) is 21.4 Å². The molecule has 0 bridgehead atoms. The fourth-order valence-corrected chi connectivity index (χ4v) is 3.90. The van der Waals surface area contributed by atoms with Gasteiger partial charge in [-0.3, -0.25) is 4.55 Å². The van der Waals surface area contributed by atoms with Crippen molar-refractivity contribution in [2.75, 3.05) is 0 Å². The van der Waals surface area contributed by atoms with Crippen LogP contribution in [-0.2, 0) is 24.5 Å². The summed E-state index contributed by atoms with van der Waals surface area (Å²) in [6.07, 6.45) is 0. The third-order valence-electron chi connectivity index (χ3n) is 4.37. The van der Waals surface area contributed by atoms with E-state index in [4.69, 9.17) is 16.3 Å². The van der Waals surface area contributed by atoms with Crippen LogP contribution in [0.4, 0.5) is 28.4 Å². The van der Waals surface area contributed by atoms with Crippen molar-refractivity contribution in [2.45, 2.75) is 16.7 Å². The predicted molar refractivity (Wildman–Crippen MR) is 123 cm³/mol. The number of aryl methyl sites for hydroxylation is 1. The SMILES string of the molecule is Cc1cc(N=NN)ccc1N=Nc1ccc(N=Nc2ccc(S(=O)(=O)O)cc2)cc1S(=O)(=O)ON. The zero-order chi connectivity index (χ0) is 25.6. The lowest BCUT2D eigenvalue weighted by atomic mass is 10.2. The number of rotatable bonds is 8. The Morgan fingerprint density at radius 1 is 0.743 bits per heavy atom. The van der Waals surface area contributed by atoms with Gasteiger partial charge in [-0.25, -0.2) is 0 Å². The van der Waals surface area contributed by atoms with Gasteiger partial charge in [-0.1, -0.05) is 5.22 Å². The van der Waals surface area contributed by atoms with Crippen LogP contribution in [0, 0.1) is 6.92 Å². The summed E-state index contributed by atoms with van der Waals surface area (Å²) in [4.78, 5) is -0.721. The van der Waals surface area contributed by atoms with E-state index in [-0.39, 0.29) is 22.0 Å². The van der Waals surface area contributed by atoms with E-state index in [1.165, 1.54) is 24.3 Å². The molecule has 0 fully saturated rings. The monoisotopic (exact) mass is 518 g/mol. The highest BCUT2D eigenvalue weighted by Crippen LogP contribution is 2.33. The van der Waals surface area contributed by atoms with E-state index in [1.807, 2.05) is 0 Å². The number of hydrogen-bond donors (Lipinski definition) is 3. The Morgan fingerprint density at radius 2 is 1.29 bits per heavy atom. The molecule has 0 unspecified atom stereocenters. The van der Waals surface area contributed by atoms with E-state index in [0.717, 1.165) is 18.2 Å². The number of hydrogen-bond acceptors (Lipinski definition) is 12. The van der Waals surface area contributed by atoms with Gasteiger partial charge in [0.15, 0.2) is 0 Å². The van der Waals surface area contributed by atoms with Crippen LogP contribution in [0.2, 0.25) is 0 Å². The first-order valence-corrected chi connectivity index (χ1v) is 12.3. The van der Waals surface area contributed by atoms with Gasteiger partial charge in [0.1, 0.15) is 10.6 Å². The number of azo groups is 2. The molecule has 3 rings (SSSR count). The summed E-state index contributed by atoms with van der Waals surface area (Å²) in [5.74, 6) is 9.97. The van der Waals surface area contributed by atoms with Gasteiger partial charge < -0.3 is 5.84 Å². The highest BCUT2D eigenvalue weighted by Gasteiger charge is 2.20. The summed E-state index contributed by atoms with van der Waals surface area (Å²) in [6, 6.07) is 13.6. The second-order valence-corrected chi connectivity index (χ2v) is 9.72. The highest BCUT2D eigenvalue weighted by molar-refractivity contribution is 7.87. The summed E-state index contributed by atoms with van der Waals surface area (Å²) >= 11 is 0. The molecule has 0 amide bonds. The van der Waals surface area contributed by atoms with Gasteiger partial charge >= 0.3 is 10.1 Å². The topological polar surface area (TPSA) is 224 Å². The van der Waals surface area contributed by atoms with Crippen LogP contribution >= 0.6 is 0 Å². The second kappa shape index (κ2) is 10.5. The third kappa shape index (κ3) is 6.55. The van der Waals surface area contributed by atoms with Gasteiger partial charge in [0.05, 0.1) is 27.6 Å². The van der Waals surface area contributed by atoms with Crippen molar-refractivity contribution in [3.63, 3.8) is 0 Å². The van der Waals surface area contributed by atoms with E-state index in [2.05, 4.69) is 35.1 Å². The van der Waals surface area contributed by atoms with Gasteiger partial charge in [0, 0.05) is 0 Å². The first-order chi connectivity index (χ1) is 16.5. The smallest absolute Gasteiger partial charge is 0.305 e. The molecule has 0 spiro atoms. The lowest BCUT2D eigenvalue weighted by Crippen LogP contribution is -2.11. The van der Waals surface area contributed by atoms with E-state index in [0.29, 0.717) is 16.9 Å². The molecule has 0 aromatic heterocycles. The van der Waals surface area contributed by atoms with Crippen molar-refractivity contribution in [2.24, 2.45) is 42.5 Å². The first-order valence-electron chi connectivity index (χ1n) is 9.43. The average Bonchev–Trinajstić information content (AvgIpc) is 2.82. The molecule has 3 aromatic rings. The Hall–Kier alpha value is -3.96. The zero-order valence-electron chi connectivity index (χ0n) is 17.9. The Balaban J connectivity index is 1.93. The average molecular weight is 519 g/mol. The molecule has 0 heterocycles. The Bertz CT molecular complexity index is 1540. The van der Waals surface area contributed by atoms with Gasteiger partial charge in [-0.15, -0.1) is 10.2 Å². The van der Waals surface area contributed by atoms with Crippen LogP contribution in [0.1, 0.15) is 5.56 Å².